The van der Waals surface area contributed by atoms with E-state index in [4.69, 9.17) is 11.6 Å². The molecule has 0 aromatic carbocycles. The van der Waals surface area contributed by atoms with Crippen LogP contribution in [-0.2, 0) is 0 Å². The molecular formula is C11H20ClN. The molecule has 1 aliphatic rings. The van der Waals surface area contributed by atoms with Crippen molar-refractivity contribution in [1.29, 1.82) is 0 Å². The van der Waals surface area contributed by atoms with E-state index < -0.39 is 0 Å². The molecule has 0 amide bonds. The van der Waals surface area contributed by atoms with E-state index in [1.54, 1.807) is 0 Å². The maximum Gasteiger partial charge on any atom is 0.0404 e. The molecule has 0 saturated heterocycles. The summed E-state index contributed by atoms with van der Waals surface area (Å²) in [6, 6.07) is 0.730. The maximum atomic E-state index is 5.54. The second-order valence-corrected chi connectivity index (χ2v) is 4.21. The first-order valence-corrected chi connectivity index (χ1v) is 5.82. The van der Waals surface area contributed by atoms with Crippen molar-refractivity contribution in [2.24, 2.45) is 5.92 Å². The zero-order chi connectivity index (χ0) is 9.52. The number of allylic oxidation sites excluding steroid dienone is 1. The zero-order valence-corrected chi connectivity index (χ0v) is 9.19. The lowest BCUT2D eigenvalue weighted by molar-refractivity contribution is 0.288. The second kappa shape index (κ2) is 6.44. The fraction of sp³-hybridized carbons (Fsp3) is 0.818. The molecule has 1 rings (SSSR count). The van der Waals surface area contributed by atoms with Crippen molar-refractivity contribution in [3.63, 3.8) is 0 Å². The topological polar surface area (TPSA) is 12.0 Å². The van der Waals surface area contributed by atoms with Gasteiger partial charge in [-0.05, 0) is 18.8 Å². The Bertz CT molecular complexity index is 156. The first-order valence-electron chi connectivity index (χ1n) is 5.29. The third-order valence-corrected chi connectivity index (χ3v) is 3.04. The van der Waals surface area contributed by atoms with E-state index in [1.165, 1.54) is 25.7 Å². The van der Waals surface area contributed by atoms with Crippen LogP contribution >= 0.6 is 11.6 Å². The first-order chi connectivity index (χ1) is 6.34. The van der Waals surface area contributed by atoms with Crippen molar-refractivity contribution < 1.29 is 0 Å². The molecule has 0 aromatic rings. The molecule has 1 nitrogen and oxygen atoms in total. The summed E-state index contributed by atoms with van der Waals surface area (Å²) >= 11 is 5.54. The first kappa shape index (κ1) is 11.1. The molecule has 0 aliphatic heterocycles. The molecule has 0 aromatic heterocycles. The highest BCUT2D eigenvalue weighted by Gasteiger charge is 2.19. The van der Waals surface area contributed by atoms with Crippen LogP contribution in [0.15, 0.2) is 12.2 Å². The van der Waals surface area contributed by atoms with Gasteiger partial charge in [0.25, 0.3) is 0 Å². The van der Waals surface area contributed by atoms with Gasteiger partial charge in [-0.2, -0.15) is 0 Å². The molecule has 1 fully saturated rings. The number of rotatable bonds is 4. The van der Waals surface area contributed by atoms with Crippen molar-refractivity contribution in [3.8, 4) is 0 Å². The quantitative estimate of drug-likeness (QED) is 0.545. The zero-order valence-electron chi connectivity index (χ0n) is 8.43. The largest absolute Gasteiger partial charge is 0.310 e. The second-order valence-electron chi connectivity index (χ2n) is 3.90. The van der Waals surface area contributed by atoms with Crippen molar-refractivity contribution in [2.45, 2.75) is 38.6 Å². The van der Waals surface area contributed by atoms with E-state index in [2.05, 4.69) is 18.3 Å². The summed E-state index contributed by atoms with van der Waals surface area (Å²) in [5.74, 6) is 1.47. The standard InChI is InChI=1S/C11H20ClN/c1-10-6-2-3-7-11(10)13-9-5-4-8-12/h4-5,10-11,13H,2-3,6-9H2,1H3/b5-4+. The monoisotopic (exact) mass is 201 g/mol. The molecule has 0 bridgehead atoms. The minimum Gasteiger partial charge on any atom is -0.310 e. The molecule has 1 N–H and O–H groups in total. The number of hydrogen-bond donors (Lipinski definition) is 1. The molecule has 1 aliphatic carbocycles. The van der Waals surface area contributed by atoms with Gasteiger partial charge >= 0.3 is 0 Å². The minimum atomic E-state index is 0.627. The third-order valence-electron chi connectivity index (χ3n) is 2.87. The third kappa shape index (κ3) is 4.15. The lowest BCUT2D eigenvalue weighted by atomic mass is 9.86. The number of nitrogens with one attached hydrogen (secondary N) is 1. The van der Waals surface area contributed by atoms with Gasteiger partial charge in [0.05, 0.1) is 0 Å². The summed E-state index contributed by atoms with van der Waals surface area (Å²) in [6.45, 7) is 3.32. The van der Waals surface area contributed by atoms with Crippen LogP contribution in [-0.4, -0.2) is 18.5 Å². The van der Waals surface area contributed by atoms with Gasteiger partial charge in [0, 0.05) is 18.5 Å². The Labute approximate surface area is 86.5 Å². The van der Waals surface area contributed by atoms with Gasteiger partial charge in [-0.25, -0.2) is 0 Å². The van der Waals surface area contributed by atoms with E-state index in [1.807, 2.05) is 6.08 Å². The fourth-order valence-corrected chi connectivity index (χ4v) is 2.11. The number of alkyl halides is 1. The van der Waals surface area contributed by atoms with Gasteiger partial charge in [0.15, 0.2) is 0 Å². The molecule has 1 saturated carbocycles. The predicted octanol–water partition coefficient (Wildman–Crippen LogP) is 2.95. The molecule has 0 radical (unpaired) electrons. The normalized spacial score (nSPS) is 29.7. The summed E-state index contributed by atoms with van der Waals surface area (Å²) in [6.07, 6.45) is 9.65. The molecule has 13 heavy (non-hydrogen) atoms. The van der Waals surface area contributed by atoms with Gasteiger partial charge in [-0.15, -0.1) is 11.6 Å². The lowest BCUT2D eigenvalue weighted by Gasteiger charge is -2.29. The molecule has 2 unspecified atom stereocenters. The van der Waals surface area contributed by atoms with Crippen molar-refractivity contribution in [3.05, 3.63) is 12.2 Å². The molecule has 0 heterocycles. The fourth-order valence-electron chi connectivity index (χ4n) is 1.99. The predicted molar refractivity (Wildman–Crippen MR) is 59.3 cm³/mol. The van der Waals surface area contributed by atoms with E-state index in [0.29, 0.717) is 5.88 Å². The highest BCUT2D eigenvalue weighted by atomic mass is 35.5. The van der Waals surface area contributed by atoms with Crippen LogP contribution < -0.4 is 5.32 Å². The van der Waals surface area contributed by atoms with Crippen LogP contribution in [0.5, 0.6) is 0 Å². The minimum absolute atomic E-state index is 0.627. The molecule has 2 heteroatoms. The van der Waals surface area contributed by atoms with Crippen LogP contribution in [0.3, 0.4) is 0 Å². The Hall–Kier alpha value is -0.0100. The van der Waals surface area contributed by atoms with Gasteiger partial charge in [0.1, 0.15) is 0 Å². The number of halogens is 1. The van der Waals surface area contributed by atoms with Crippen molar-refractivity contribution >= 4 is 11.6 Å². The summed E-state index contributed by atoms with van der Waals surface area (Å²) in [5, 5.41) is 3.56. The van der Waals surface area contributed by atoms with Crippen molar-refractivity contribution in [1.82, 2.24) is 5.32 Å². The summed E-state index contributed by atoms with van der Waals surface area (Å²) in [7, 11) is 0. The summed E-state index contributed by atoms with van der Waals surface area (Å²) in [5.41, 5.74) is 0. The highest BCUT2D eigenvalue weighted by molar-refractivity contribution is 6.18. The Morgan fingerprint density at radius 1 is 1.31 bits per heavy atom. The van der Waals surface area contributed by atoms with Gasteiger partial charge in [-0.1, -0.05) is 31.9 Å². The SMILES string of the molecule is CC1CCCCC1NC/C=C/CCl. The number of hydrogen-bond acceptors (Lipinski definition) is 1. The van der Waals surface area contributed by atoms with E-state index in [-0.39, 0.29) is 0 Å². The maximum absolute atomic E-state index is 5.54. The van der Waals surface area contributed by atoms with Crippen LogP contribution in [0.25, 0.3) is 0 Å². The van der Waals surface area contributed by atoms with Crippen molar-refractivity contribution in [2.75, 3.05) is 12.4 Å². The molecule has 76 valence electrons. The average molecular weight is 202 g/mol. The Morgan fingerprint density at radius 2 is 2.08 bits per heavy atom. The van der Waals surface area contributed by atoms with Crippen LogP contribution in [0.4, 0.5) is 0 Å². The van der Waals surface area contributed by atoms with E-state index in [0.717, 1.165) is 18.5 Å². The van der Waals surface area contributed by atoms with Crippen LogP contribution in [0.1, 0.15) is 32.6 Å². The van der Waals surface area contributed by atoms with Gasteiger partial charge in [0.2, 0.25) is 0 Å². The average Bonchev–Trinajstić information content (AvgIpc) is 2.15. The van der Waals surface area contributed by atoms with Gasteiger partial charge in [-0.3, -0.25) is 0 Å². The molecule has 0 spiro atoms. The summed E-state index contributed by atoms with van der Waals surface area (Å²) < 4.78 is 0. The Morgan fingerprint density at radius 3 is 2.77 bits per heavy atom. The Kier molecular flexibility index (Phi) is 5.49. The van der Waals surface area contributed by atoms with Crippen LogP contribution in [0.2, 0.25) is 0 Å². The molecular weight excluding hydrogens is 182 g/mol. The molecule has 2 atom stereocenters. The highest BCUT2D eigenvalue weighted by Crippen LogP contribution is 2.23. The van der Waals surface area contributed by atoms with Gasteiger partial charge < -0.3 is 5.32 Å². The lowest BCUT2D eigenvalue weighted by Crippen LogP contribution is -2.37. The summed E-state index contributed by atoms with van der Waals surface area (Å²) in [4.78, 5) is 0. The van der Waals surface area contributed by atoms with E-state index in [9.17, 15) is 0 Å². The Balaban J connectivity index is 2.15. The van der Waals surface area contributed by atoms with E-state index >= 15 is 0 Å². The van der Waals surface area contributed by atoms with Crippen LogP contribution in [0, 0.1) is 5.92 Å². The smallest absolute Gasteiger partial charge is 0.0404 e.